The second-order valence-corrected chi connectivity index (χ2v) is 6.55. The first-order valence-electron chi connectivity index (χ1n) is 6.80. The van der Waals surface area contributed by atoms with Crippen molar-refractivity contribution in [3.05, 3.63) is 24.0 Å². The summed E-state index contributed by atoms with van der Waals surface area (Å²) in [6.07, 6.45) is 6.41. The Kier molecular flexibility index (Phi) is 3.62. The minimum Gasteiger partial charge on any atom is -0.387 e. The van der Waals surface area contributed by atoms with Crippen LogP contribution in [0.3, 0.4) is 0 Å². The third kappa shape index (κ3) is 2.92. The maximum atomic E-state index is 10.3. The van der Waals surface area contributed by atoms with E-state index in [9.17, 15) is 5.11 Å². The van der Waals surface area contributed by atoms with Crippen LogP contribution in [0.25, 0.3) is 0 Å². The van der Waals surface area contributed by atoms with E-state index >= 15 is 0 Å². The smallest absolute Gasteiger partial charge is 0.0965 e. The average Bonchev–Trinajstić information content (AvgIpc) is 2.80. The van der Waals surface area contributed by atoms with Gasteiger partial charge >= 0.3 is 0 Å². The number of aromatic nitrogens is 1. The highest BCUT2D eigenvalue weighted by atomic mass is 16.3. The number of nitrogens with one attached hydrogen (secondary N) is 1. The van der Waals surface area contributed by atoms with Crippen LogP contribution in [0.4, 0.5) is 0 Å². The third-order valence-corrected chi connectivity index (χ3v) is 4.38. The Labute approximate surface area is 104 Å². The van der Waals surface area contributed by atoms with E-state index in [1.807, 2.05) is 18.3 Å². The molecular weight excluding hydrogens is 210 g/mol. The van der Waals surface area contributed by atoms with Crippen LogP contribution >= 0.6 is 0 Å². The van der Waals surface area contributed by atoms with Crippen LogP contribution in [0, 0.1) is 17.3 Å². The molecule has 17 heavy (non-hydrogen) atoms. The standard InChI is InChI=1S/C15H25NO/c1-15(2,3)12-8-6-11(7-9-12)14(17)13-5-4-10-16-13/h4-5,10-12,14,16-17H,6-9H2,1-3H3. The molecule has 1 saturated carbocycles. The summed E-state index contributed by atoms with van der Waals surface area (Å²) >= 11 is 0. The van der Waals surface area contributed by atoms with Crippen LogP contribution in [0.1, 0.15) is 58.3 Å². The Morgan fingerprint density at radius 3 is 2.35 bits per heavy atom. The molecule has 1 aromatic heterocycles. The molecule has 1 aliphatic rings. The molecule has 0 saturated heterocycles. The van der Waals surface area contributed by atoms with Crippen molar-refractivity contribution in [3.63, 3.8) is 0 Å². The molecule has 2 rings (SSSR count). The van der Waals surface area contributed by atoms with Crippen LogP contribution < -0.4 is 0 Å². The highest BCUT2D eigenvalue weighted by molar-refractivity contribution is 5.08. The maximum absolute atomic E-state index is 10.3. The number of aliphatic hydroxyl groups excluding tert-OH is 1. The lowest BCUT2D eigenvalue weighted by Gasteiger charge is -2.38. The first-order chi connectivity index (χ1) is 7.98. The van der Waals surface area contributed by atoms with Gasteiger partial charge in [0.15, 0.2) is 0 Å². The zero-order valence-electron chi connectivity index (χ0n) is 11.2. The van der Waals surface area contributed by atoms with Gasteiger partial charge in [-0.15, -0.1) is 0 Å². The van der Waals surface area contributed by atoms with E-state index < -0.39 is 0 Å². The predicted molar refractivity (Wildman–Crippen MR) is 70.7 cm³/mol. The molecule has 0 amide bonds. The van der Waals surface area contributed by atoms with E-state index in [1.165, 1.54) is 12.8 Å². The van der Waals surface area contributed by atoms with Crippen molar-refractivity contribution in [3.8, 4) is 0 Å². The molecule has 2 nitrogen and oxygen atoms in total. The summed E-state index contributed by atoms with van der Waals surface area (Å²) in [4.78, 5) is 3.13. The van der Waals surface area contributed by atoms with E-state index in [0.29, 0.717) is 11.3 Å². The second-order valence-electron chi connectivity index (χ2n) is 6.55. The van der Waals surface area contributed by atoms with Crippen molar-refractivity contribution in [1.82, 2.24) is 4.98 Å². The monoisotopic (exact) mass is 235 g/mol. The molecule has 0 aliphatic heterocycles. The van der Waals surface area contributed by atoms with Gasteiger partial charge in [0.25, 0.3) is 0 Å². The molecule has 2 heteroatoms. The van der Waals surface area contributed by atoms with E-state index in [1.54, 1.807) is 0 Å². The maximum Gasteiger partial charge on any atom is 0.0965 e. The Morgan fingerprint density at radius 2 is 1.88 bits per heavy atom. The van der Waals surface area contributed by atoms with Gasteiger partial charge in [0.05, 0.1) is 6.10 Å². The molecule has 0 spiro atoms. The van der Waals surface area contributed by atoms with Gasteiger partial charge in [-0.25, -0.2) is 0 Å². The summed E-state index contributed by atoms with van der Waals surface area (Å²) in [5, 5.41) is 10.3. The summed E-state index contributed by atoms with van der Waals surface area (Å²) in [5.41, 5.74) is 1.40. The SMILES string of the molecule is CC(C)(C)C1CCC(C(O)c2ccc[nH]2)CC1. The predicted octanol–water partition coefficient (Wildman–Crippen LogP) is 3.90. The molecule has 2 N–H and O–H groups in total. The molecule has 1 aromatic rings. The number of hydrogen-bond acceptors (Lipinski definition) is 1. The third-order valence-electron chi connectivity index (χ3n) is 4.38. The van der Waals surface area contributed by atoms with Crippen molar-refractivity contribution in [2.75, 3.05) is 0 Å². The summed E-state index contributed by atoms with van der Waals surface area (Å²) < 4.78 is 0. The molecular formula is C15H25NO. The fourth-order valence-corrected chi connectivity index (χ4v) is 3.08. The van der Waals surface area contributed by atoms with Crippen molar-refractivity contribution in [1.29, 1.82) is 0 Å². The number of aliphatic hydroxyl groups is 1. The van der Waals surface area contributed by atoms with E-state index in [2.05, 4.69) is 25.8 Å². The summed E-state index contributed by atoms with van der Waals surface area (Å²) in [5.74, 6) is 1.25. The van der Waals surface area contributed by atoms with E-state index in [4.69, 9.17) is 0 Å². The zero-order chi connectivity index (χ0) is 12.5. The molecule has 0 aromatic carbocycles. The molecule has 1 unspecified atom stereocenters. The van der Waals surface area contributed by atoms with Crippen molar-refractivity contribution in [2.45, 2.75) is 52.6 Å². The Balaban J connectivity index is 1.91. The van der Waals surface area contributed by atoms with Crippen molar-refractivity contribution in [2.24, 2.45) is 17.3 Å². The zero-order valence-corrected chi connectivity index (χ0v) is 11.2. The fourth-order valence-electron chi connectivity index (χ4n) is 3.08. The lowest BCUT2D eigenvalue weighted by atomic mass is 9.68. The van der Waals surface area contributed by atoms with Crippen molar-refractivity contribution < 1.29 is 5.11 Å². The Morgan fingerprint density at radius 1 is 1.24 bits per heavy atom. The highest BCUT2D eigenvalue weighted by Gasteiger charge is 2.32. The molecule has 1 heterocycles. The molecule has 0 bridgehead atoms. The largest absolute Gasteiger partial charge is 0.387 e. The Bertz CT molecular complexity index is 328. The topological polar surface area (TPSA) is 36.0 Å². The fraction of sp³-hybridized carbons (Fsp3) is 0.733. The van der Waals surface area contributed by atoms with Gasteiger partial charge in [-0.1, -0.05) is 20.8 Å². The summed E-state index contributed by atoms with van der Waals surface area (Å²) in [7, 11) is 0. The van der Waals surface area contributed by atoms with Crippen molar-refractivity contribution >= 4 is 0 Å². The van der Waals surface area contributed by atoms with Gasteiger partial charge in [-0.05, 0) is 55.1 Å². The number of H-pyrrole nitrogens is 1. The quantitative estimate of drug-likeness (QED) is 0.801. The first kappa shape index (κ1) is 12.7. The number of aromatic amines is 1. The average molecular weight is 235 g/mol. The van der Waals surface area contributed by atoms with Gasteiger partial charge < -0.3 is 10.1 Å². The Hall–Kier alpha value is -0.760. The molecule has 1 atom stereocenters. The van der Waals surface area contributed by atoms with Crippen LogP contribution in [-0.4, -0.2) is 10.1 Å². The van der Waals surface area contributed by atoms with Crippen LogP contribution in [0.5, 0.6) is 0 Å². The minimum absolute atomic E-state index is 0.300. The highest BCUT2D eigenvalue weighted by Crippen LogP contribution is 2.43. The first-order valence-corrected chi connectivity index (χ1v) is 6.80. The summed E-state index contributed by atoms with van der Waals surface area (Å²) in [6, 6.07) is 3.94. The van der Waals surface area contributed by atoms with Crippen LogP contribution in [-0.2, 0) is 0 Å². The normalized spacial score (nSPS) is 28.0. The molecule has 0 radical (unpaired) electrons. The van der Waals surface area contributed by atoms with E-state index in [-0.39, 0.29) is 6.10 Å². The number of rotatable bonds is 2. The lowest BCUT2D eigenvalue weighted by molar-refractivity contribution is 0.0505. The van der Waals surface area contributed by atoms with Gasteiger partial charge in [0.1, 0.15) is 0 Å². The van der Waals surface area contributed by atoms with Gasteiger partial charge in [0, 0.05) is 11.9 Å². The van der Waals surface area contributed by atoms with Gasteiger partial charge in [-0.3, -0.25) is 0 Å². The van der Waals surface area contributed by atoms with Crippen LogP contribution in [0.2, 0.25) is 0 Å². The number of hydrogen-bond donors (Lipinski definition) is 2. The molecule has 96 valence electrons. The molecule has 1 fully saturated rings. The summed E-state index contributed by atoms with van der Waals surface area (Å²) in [6.45, 7) is 7.00. The van der Waals surface area contributed by atoms with Gasteiger partial charge in [-0.2, -0.15) is 0 Å². The van der Waals surface area contributed by atoms with Gasteiger partial charge in [0.2, 0.25) is 0 Å². The lowest BCUT2D eigenvalue weighted by Crippen LogP contribution is -2.28. The van der Waals surface area contributed by atoms with E-state index in [0.717, 1.165) is 24.5 Å². The van der Waals surface area contributed by atoms with Crippen LogP contribution in [0.15, 0.2) is 18.3 Å². The minimum atomic E-state index is -0.300. The molecule has 1 aliphatic carbocycles. The second kappa shape index (κ2) is 4.85.